The Morgan fingerprint density at radius 2 is 1.52 bits per heavy atom. The molecule has 0 spiro atoms. The molecule has 0 radical (unpaired) electrons. The quantitative estimate of drug-likeness (QED) is 0.484. The second-order valence-electron chi connectivity index (χ2n) is 5.18. The van der Waals surface area contributed by atoms with Gasteiger partial charge in [-0.3, -0.25) is 4.57 Å². The van der Waals surface area contributed by atoms with Crippen molar-refractivity contribution in [2.75, 3.05) is 0 Å². The van der Waals surface area contributed by atoms with Crippen molar-refractivity contribution in [3.63, 3.8) is 0 Å². The second kappa shape index (κ2) is 7.19. The Kier molecular flexibility index (Phi) is 6.36. The third kappa shape index (κ3) is 4.49. The van der Waals surface area contributed by atoms with Crippen molar-refractivity contribution in [1.29, 1.82) is 0 Å². The minimum Gasteiger partial charge on any atom is -0.301 e. The van der Waals surface area contributed by atoms with Crippen LogP contribution < -0.4 is 0 Å². The van der Waals surface area contributed by atoms with Crippen molar-refractivity contribution in [2.24, 2.45) is 0 Å². The van der Waals surface area contributed by atoms with Gasteiger partial charge in [-0.2, -0.15) is 8.78 Å². The van der Waals surface area contributed by atoms with Crippen LogP contribution in [0.3, 0.4) is 0 Å². The summed E-state index contributed by atoms with van der Waals surface area (Å²) in [7, 11) is -4.65. The molecule has 3 nitrogen and oxygen atoms in total. The molecule has 21 heavy (non-hydrogen) atoms. The number of benzene rings is 1. The summed E-state index contributed by atoms with van der Waals surface area (Å²) in [5.41, 5.74) is -3.45. The molecule has 7 heteroatoms. The molecule has 0 unspecified atom stereocenters. The van der Waals surface area contributed by atoms with E-state index in [0.717, 1.165) is 0 Å². The molecule has 0 aliphatic heterocycles. The standard InChI is InChI=1S/C14H20ClF2O3P/c1-10(2)19-21(18,20-11(3)4)14(16,17)13-7-5-12(9-15)6-8-13/h5-8,10-11H,9H2,1-4H3. The largest absolute Gasteiger partial charge is 0.404 e. The Balaban J connectivity index is 3.21. The zero-order chi connectivity index (χ0) is 16.3. The molecule has 0 aliphatic carbocycles. The van der Waals surface area contributed by atoms with Gasteiger partial charge in [-0.25, -0.2) is 0 Å². The fourth-order valence-electron chi connectivity index (χ4n) is 1.66. The summed E-state index contributed by atoms with van der Waals surface area (Å²) in [6.45, 7) is 6.12. The van der Waals surface area contributed by atoms with Crippen molar-refractivity contribution in [3.8, 4) is 0 Å². The van der Waals surface area contributed by atoms with E-state index < -0.39 is 31.0 Å². The number of alkyl halides is 3. The highest BCUT2D eigenvalue weighted by Crippen LogP contribution is 2.67. The Morgan fingerprint density at radius 1 is 1.10 bits per heavy atom. The second-order valence-corrected chi connectivity index (χ2v) is 7.42. The molecule has 1 aromatic rings. The highest BCUT2D eigenvalue weighted by Gasteiger charge is 2.55. The SMILES string of the molecule is CC(C)OP(=O)(OC(C)C)C(F)(F)c1ccc(CCl)cc1. The lowest BCUT2D eigenvalue weighted by Crippen LogP contribution is -2.22. The lowest BCUT2D eigenvalue weighted by molar-refractivity contribution is 0.0170. The molecule has 0 aliphatic rings. The summed E-state index contributed by atoms with van der Waals surface area (Å²) in [5.74, 6) is 0.217. The van der Waals surface area contributed by atoms with E-state index in [2.05, 4.69) is 0 Å². The van der Waals surface area contributed by atoms with E-state index in [4.69, 9.17) is 20.6 Å². The van der Waals surface area contributed by atoms with Gasteiger partial charge >= 0.3 is 13.3 Å². The van der Waals surface area contributed by atoms with Crippen molar-refractivity contribution in [3.05, 3.63) is 35.4 Å². The monoisotopic (exact) mass is 340 g/mol. The van der Waals surface area contributed by atoms with E-state index >= 15 is 0 Å². The Morgan fingerprint density at radius 3 is 1.86 bits per heavy atom. The summed E-state index contributed by atoms with van der Waals surface area (Å²) in [5, 5.41) is 0. The number of hydrogen-bond acceptors (Lipinski definition) is 3. The minimum atomic E-state index is -4.65. The molecular formula is C14H20ClF2O3P. The number of hydrogen-bond donors (Lipinski definition) is 0. The van der Waals surface area contributed by atoms with E-state index in [-0.39, 0.29) is 5.88 Å². The average Bonchev–Trinajstić information content (AvgIpc) is 2.36. The van der Waals surface area contributed by atoms with Crippen LogP contribution in [0.5, 0.6) is 0 Å². The van der Waals surface area contributed by atoms with Crippen LogP contribution in [-0.2, 0) is 25.2 Å². The van der Waals surface area contributed by atoms with E-state index in [0.29, 0.717) is 5.56 Å². The summed E-state index contributed by atoms with van der Waals surface area (Å²) < 4.78 is 51.8. The van der Waals surface area contributed by atoms with Crippen LogP contribution in [0, 0.1) is 0 Å². The van der Waals surface area contributed by atoms with Gasteiger partial charge in [0, 0.05) is 11.4 Å². The smallest absolute Gasteiger partial charge is 0.301 e. The lowest BCUT2D eigenvalue weighted by Gasteiger charge is -2.29. The molecule has 1 rings (SSSR count). The van der Waals surface area contributed by atoms with Crippen molar-refractivity contribution in [2.45, 2.75) is 51.4 Å². The van der Waals surface area contributed by atoms with Gasteiger partial charge < -0.3 is 9.05 Å². The third-order valence-corrected chi connectivity index (χ3v) is 5.15. The molecule has 0 aromatic heterocycles. The van der Waals surface area contributed by atoms with Crippen LogP contribution in [-0.4, -0.2) is 12.2 Å². The molecule has 1 aromatic carbocycles. The molecule has 0 saturated carbocycles. The topological polar surface area (TPSA) is 35.5 Å². The van der Waals surface area contributed by atoms with Gasteiger partial charge in [0.05, 0.1) is 12.2 Å². The van der Waals surface area contributed by atoms with Crippen LogP contribution in [0.15, 0.2) is 24.3 Å². The zero-order valence-corrected chi connectivity index (χ0v) is 14.1. The van der Waals surface area contributed by atoms with Gasteiger partial charge in [-0.05, 0) is 33.3 Å². The van der Waals surface area contributed by atoms with Crippen molar-refractivity contribution < 1.29 is 22.4 Å². The van der Waals surface area contributed by atoms with E-state index in [1.807, 2.05) is 0 Å². The molecule has 0 bridgehead atoms. The summed E-state index contributed by atoms with van der Waals surface area (Å²) in [4.78, 5) is 0. The first-order valence-corrected chi connectivity index (χ1v) is 8.70. The maximum atomic E-state index is 14.6. The first-order chi connectivity index (χ1) is 9.62. The van der Waals surface area contributed by atoms with Gasteiger partial charge in [0.2, 0.25) is 0 Å². The van der Waals surface area contributed by atoms with Crippen molar-refractivity contribution >= 4 is 19.2 Å². The van der Waals surface area contributed by atoms with E-state index in [1.54, 1.807) is 0 Å². The van der Waals surface area contributed by atoms with Crippen molar-refractivity contribution in [1.82, 2.24) is 0 Å². The van der Waals surface area contributed by atoms with Crippen LogP contribution in [0.2, 0.25) is 0 Å². The normalized spacial score (nSPS) is 13.2. The molecule has 0 fully saturated rings. The highest BCUT2D eigenvalue weighted by atomic mass is 35.5. The lowest BCUT2D eigenvalue weighted by atomic mass is 10.1. The predicted octanol–water partition coefficient (Wildman–Crippen LogP) is 5.52. The first-order valence-electron chi connectivity index (χ1n) is 6.62. The van der Waals surface area contributed by atoms with Gasteiger partial charge in [-0.1, -0.05) is 24.3 Å². The van der Waals surface area contributed by atoms with E-state index in [9.17, 15) is 13.3 Å². The van der Waals surface area contributed by atoms with Crippen LogP contribution >= 0.6 is 19.2 Å². The third-order valence-electron chi connectivity index (χ3n) is 2.50. The molecule has 0 saturated heterocycles. The summed E-state index contributed by atoms with van der Waals surface area (Å²) in [6.07, 6.45) is -1.30. The van der Waals surface area contributed by atoms with Gasteiger partial charge in [0.1, 0.15) is 0 Å². The fourth-order valence-corrected chi connectivity index (χ4v) is 3.73. The maximum Gasteiger partial charge on any atom is 0.404 e. The van der Waals surface area contributed by atoms with Crippen LogP contribution in [0.4, 0.5) is 8.78 Å². The van der Waals surface area contributed by atoms with Gasteiger partial charge in [0.25, 0.3) is 0 Å². The minimum absolute atomic E-state index is 0.217. The first kappa shape index (κ1) is 18.6. The zero-order valence-electron chi connectivity index (χ0n) is 12.5. The van der Waals surface area contributed by atoms with E-state index in [1.165, 1.54) is 52.0 Å². The molecule has 0 N–H and O–H groups in total. The Labute approximate surface area is 129 Å². The van der Waals surface area contributed by atoms with Crippen LogP contribution in [0.25, 0.3) is 0 Å². The van der Waals surface area contributed by atoms with Gasteiger partial charge in [0.15, 0.2) is 0 Å². The van der Waals surface area contributed by atoms with Gasteiger partial charge in [-0.15, -0.1) is 11.6 Å². The Hall–Kier alpha value is -0.480. The number of halogens is 3. The average molecular weight is 341 g/mol. The molecule has 0 amide bonds. The number of rotatable bonds is 7. The maximum absolute atomic E-state index is 14.6. The Bertz CT molecular complexity index is 489. The molecule has 120 valence electrons. The molecular weight excluding hydrogens is 321 g/mol. The summed E-state index contributed by atoms with van der Waals surface area (Å²) in [6, 6.07) is 5.31. The predicted molar refractivity (Wildman–Crippen MR) is 79.9 cm³/mol. The fraction of sp³-hybridized carbons (Fsp3) is 0.571. The highest BCUT2D eigenvalue weighted by molar-refractivity contribution is 7.54. The summed E-state index contributed by atoms with van der Waals surface area (Å²) >= 11 is 5.63. The van der Waals surface area contributed by atoms with Crippen LogP contribution in [0.1, 0.15) is 38.8 Å². The molecule has 0 atom stereocenters. The molecule has 0 heterocycles.